The Hall–Kier alpha value is -6.58. The smallest absolute Gasteiger partial charge is 0.160 e. The first-order chi connectivity index (χ1) is 24.3. The van der Waals surface area contributed by atoms with E-state index in [9.17, 15) is 0 Å². The van der Waals surface area contributed by atoms with Crippen LogP contribution in [-0.2, 0) is 0 Å². The van der Waals surface area contributed by atoms with E-state index in [1.807, 2.05) is 6.07 Å². The maximum Gasteiger partial charge on any atom is 0.160 e. The van der Waals surface area contributed by atoms with Crippen LogP contribution in [0.1, 0.15) is 0 Å². The molecule has 12 rings (SSSR count). The van der Waals surface area contributed by atoms with Gasteiger partial charge in [-0.25, -0.2) is 0 Å². The summed E-state index contributed by atoms with van der Waals surface area (Å²) in [6.45, 7) is 0. The molecule has 0 atom stereocenters. The molecule has 1 aliphatic carbocycles. The molecule has 0 amide bonds. The third kappa shape index (κ3) is 3.17. The first kappa shape index (κ1) is 25.5. The molecule has 3 heterocycles. The normalized spacial score (nSPS) is 12.5. The Labute approximate surface area is 280 Å². The number of furan rings is 1. The highest BCUT2D eigenvalue weighted by atomic mass is 16.3. The van der Waals surface area contributed by atoms with Crippen molar-refractivity contribution in [3.63, 3.8) is 0 Å². The van der Waals surface area contributed by atoms with Crippen molar-refractivity contribution < 1.29 is 4.42 Å². The number of fused-ring (bicyclic) bond motifs is 14. The van der Waals surface area contributed by atoms with Crippen molar-refractivity contribution in [3.8, 4) is 33.6 Å². The summed E-state index contributed by atoms with van der Waals surface area (Å²) in [7, 11) is 0. The van der Waals surface area contributed by atoms with Crippen molar-refractivity contribution in [1.82, 2.24) is 9.13 Å². The summed E-state index contributed by atoms with van der Waals surface area (Å²) in [5.41, 5.74) is 14.1. The summed E-state index contributed by atoms with van der Waals surface area (Å²) in [4.78, 5) is 0. The highest BCUT2D eigenvalue weighted by Gasteiger charge is 2.25. The molecule has 0 aliphatic heterocycles. The largest absolute Gasteiger partial charge is 0.454 e. The van der Waals surface area contributed by atoms with Gasteiger partial charge in [0.2, 0.25) is 0 Å². The van der Waals surface area contributed by atoms with Gasteiger partial charge >= 0.3 is 0 Å². The lowest BCUT2D eigenvalue weighted by Crippen LogP contribution is -1.98. The lowest BCUT2D eigenvalue weighted by atomic mass is 9.99. The minimum Gasteiger partial charge on any atom is -0.454 e. The highest BCUT2D eigenvalue weighted by molar-refractivity contribution is 6.28. The molecule has 0 bridgehead atoms. The molecule has 0 spiro atoms. The molecule has 0 fully saturated rings. The van der Waals surface area contributed by atoms with Crippen LogP contribution in [0.4, 0.5) is 0 Å². The van der Waals surface area contributed by atoms with Crippen molar-refractivity contribution in [2.45, 2.75) is 0 Å². The molecule has 3 aromatic heterocycles. The average molecular weight is 623 g/mol. The molecule has 3 nitrogen and oxygen atoms in total. The molecule has 49 heavy (non-hydrogen) atoms. The van der Waals surface area contributed by atoms with E-state index in [-0.39, 0.29) is 0 Å². The highest BCUT2D eigenvalue weighted by Crippen LogP contribution is 2.51. The Bertz CT molecular complexity index is 3210. The van der Waals surface area contributed by atoms with Gasteiger partial charge in [-0.2, -0.15) is 0 Å². The van der Waals surface area contributed by atoms with Crippen molar-refractivity contribution in [2.24, 2.45) is 0 Å². The molecule has 3 heteroatoms. The number of hydrogen-bond acceptors (Lipinski definition) is 1. The van der Waals surface area contributed by atoms with Gasteiger partial charge in [0.25, 0.3) is 0 Å². The maximum atomic E-state index is 6.60. The zero-order valence-corrected chi connectivity index (χ0v) is 26.3. The van der Waals surface area contributed by atoms with Gasteiger partial charge in [0.15, 0.2) is 5.58 Å². The Morgan fingerprint density at radius 1 is 0.347 bits per heavy atom. The first-order valence-electron chi connectivity index (χ1n) is 16.9. The summed E-state index contributed by atoms with van der Waals surface area (Å²) in [5, 5.41) is 9.87. The molecular formula is C46H26N2O. The van der Waals surface area contributed by atoms with E-state index in [1.165, 1.54) is 71.1 Å². The van der Waals surface area contributed by atoms with Crippen molar-refractivity contribution >= 4 is 76.3 Å². The summed E-state index contributed by atoms with van der Waals surface area (Å²) in [6.07, 6.45) is 0. The van der Waals surface area contributed by atoms with Crippen LogP contribution in [0.2, 0.25) is 0 Å². The second-order valence-corrected chi connectivity index (χ2v) is 13.3. The molecule has 226 valence electrons. The topological polar surface area (TPSA) is 23.0 Å². The van der Waals surface area contributed by atoms with Gasteiger partial charge in [-0.3, -0.25) is 0 Å². The first-order valence-corrected chi connectivity index (χ1v) is 16.9. The van der Waals surface area contributed by atoms with Crippen LogP contribution in [-0.4, -0.2) is 9.13 Å². The summed E-state index contributed by atoms with van der Waals surface area (Å²) < 4.78 is 11.4. The number of hydrogen-bond donors (Lipinski definition) is 0. The standard InChI is InChI=1S/C46H26N2O/c1-2-11-30-29(10-1)34-15-9-16-37-43(34)38(30)26-39-32-13-4-7-18-41(32)47(44(37)39)27-20-22-28(23-21-27)48-40-17-6-3-12-31(40)35-24-25-36-33-14-5-8-19-42(33)49-46(36)45(35)48/h1-26H. The van der Waals surface area contributed by atoms with Gasteiger partial charge in [0.1, 0.15) is 5.58 Å². The molecule has 8 aromatic carbocycles. The van der Waals surface area contributed by atoms with Crippen LogP contribution in [0.25, 0.3) is 110 Å². The van der Waals surface area contributed by atoms with E-state index in [2.05, 4.69) is 161 Å². The number of para-hydroxylation sites is 3. The van der Waals surface area contributed by atoms with Gasteiger partial charge in [0.05, 0.1) is 22.1 Å². The van der Waals surface area contributed by atoms with Gasteiger partial charge in [0, 0.05) is 49.1 Å². The fourth-order valence-corrected chi connectivity index (χ4v) is 8.84. The molecule has 0 saturated heterocycles. The predicted octanol–water partition coefficient (Wildman–Crippen LogP) is 12.6. The Morgan fingerprint density at radius 2 is 0.898 bits per heavy atom. The van der Waals surface area contributed by atoms with Gasteiger partial charge in [-0.05, 0) is 82.2 Å². The molecule has 0 radical (unpaired) electrons. The Kier molecular flexibility index (Phi) is 4.72. The third-order valence-electron chi connectivity index (χ3n) is 10.8. The van der Waals surface area contributed by atoms with E-state index in [1.54, 1.807) is 0 Å². The zero-order chi connectivity index (χ0) is 31.8. The SMILES string of the molecule is c1ccc2c(c1)-c1cccc3c1c-2cc1c2ccccc2n(-c2ccc(-n4c5ccccc5c5ccc6c7ccccc7oc6c54)cc2)c31. The lowest BCUT2D eigenvalue weighted by molar-refractivity contribution is 0.671. The summed E-state index contributed by atoms with van der Waals surface area (Å²) in [6, 6.07) is 57.4. The monoisotopic (exact) mass is 622 g/mol. The number of benzene rings is 8. The van der Waals surface area contributed by atoms with E-state index < -0.39 is 0 Å². The number of rotatable bonds is 2. The maximum absolute atomic E-state index is 6.60. The van der Waals surface area contributed by atoms with E-state index in [0.29, 0.717) is 0 Å². The van der Waals surface area contributed by atoms with E-state index in [0.717, 1.165) is 38.8 Å². The molecule has 11 aromatic rings. The summed E-state index contributed by atoms with van der Waals surface area (Å²) in [5.74, 6) is 0. The van der Waals surface area contributed by atoms with E-state index in [4.69, 9.17) is 4.42 Å². The zero-order valence-electron chi connectivity index (χ0n) is 26.3. The molecule has 0 saturated carbocycles. The van der Waals surface area contributed by atoms with Crippen LogP contribution in [0, 0.1) is 0 Å². The van der Waals surface area contributed by atoms with Crippen molar-refractivity contribution in [3.05, 3.63) is 158 Å². The van der Waals surface area contributed by atoms with Crippen LogP contribution in [0.3, 0.4) is 0 Å². The van der Waals surface area contributed by atoms with Crippen LogP contribution >= 0.6 is 0 Å². The average Bonchev–Trinajstić information content (AvgIpc) is 3.90. The second-order valence-electron chi connectivity index (χ2n) is 13.3. The Balaban J connectivity index is 1.13. The van der Waals surface area contributed by atoms with Crippen molar-refractivity contribution in [2.75, 3.05) is 0 Å². The molecule has 0 N–H and O–H groups in total. The van der Waals surface area contributed by atoms with E-state index >= 15 is 0 Å². The number of aromatic nitrogens is 2. The van der Waals surface area contributed by atoms with Crippen molar-refractivity contribution in [1.29, 1.82) is 0 Å². The quantitative estimate of drug-likeness (QED) is 0.188. The summed E-state index contributed by atoms with van der Waals surface area (Å²) >= 11 is 0. The molecular weight excluding hydrogens is 597 g/mol. The third-order valence-corrected chi connectivity index (χ3v) is 10.8. The fourth-order valence-electron chi connectivity index (χ4n) is 8.84. The minimum absolute atomic E-state index is 0.911. The van der Waals surface area contributed by atoms with Gasteiger partial charge in [-0.1, -0.05) is 103 Å². The van der Waals surface area contributed by atoms with Gasteiger partial charge < -0.3 is 13.6 Å². The molecule has 1 aliphatic rings. The fraction of sp³-hybridized carbons (Fsp3) is 0. The second kappa shape index (κ2) is 9.06. The van der Waals surface area contributed by atoms with Crippen LogP contribution in [0.5, 0.6) is 0 Å². The van der Waals surface area contributed by atoms with Gasteiger partial charge in [-0.15, -0.1) is 0 Å². The van der Waals surface area contributed by atoms with Crippen LogP contribution in [0.15, 0.2) is 162 Å². The Morgan fingerprint density at radius 3 is 1.65 bits per heavy atom. The number of nitrogens with zero attached hydrogens (tertiary/aromatic N) is 2. The molecule has 0 unspecified atom stereocenters. The predicted molar refractivity (Wildman–Crippen MR) is 204 cm³/mol. The van der Waals surface area contributed by atoms with Crippen LogP contribution < -0.4 is 0 Å². The lowest BCUT2D eigenvalue weighted by Gasteiger charge is -2.13. The minimum atomic E-state index is 0.911.